The van der Waals surface area contributed by atoms with Crippen molar-refractivity contribution in [3.05, 3.63) is 59.2 Å². The van der Waals surface area contributed by atoms with Crippen LogP contribution >= 0.6 is 0 Å². The molecule has 3 rings (SSSR count). The minimum absolute atomic E-state index is 0.0320. The maximum absolute atomic E-state index is 13.5. The highest BCUT2D eigenvalue weighted by Crippen LogP contribution is 2.33. The average Bonchev–Trinajstić information content (AvgIpc) is 2.86. The molecule has 2 unspecified atom stereocenters. The minimum atomic E-state index is -3.71. The molecule has 0 radical (unpaired) electrons. The molecule has 34 heavy (non-hydrogen) atoms. The van der Waals surface area contributed by atoms with Crippen LogP contribution in [-0.2, 0) is 26.1 Å². The molecular weight excluding hydrogens is 450 g/mol. The highest BCUT2D eigenvalue weighted by Gasteiger charge is 2.33. The predicted molar refractivity (Wildman–Crippen MR) is 133 cm³/mol. The Hall–Kier alpha value is -2.38. The third kappa shape index (κ3) is 6.39. The highest BCUT2D eigenvalue weighted by atomic mass is 32.2. The Morgan fingerprint density at radius 1 is 1.18 bits per heavy atom. The molecule has 0 aromatic heterocycles. The molecule has 1 aliphatic heterocycles. The first-order chi connectivity index (χ1) is 16.1. The molecule has 0 fully saturated rings. The van der Waals surface area contributed by atoms with E-state index in [0.29, 0.717) is 24.7 Å². The van der Waals surface area contributed by atoms with Gasteiger partial charge in [-0.15, -0.1) is 0 Å². The molecule has 2 atom stereocenters. The van der Waals surface area contributed by atoms with Gasteiger partial charge in [0.15, 0.2) is 0 Å². The SMILES string of the molecule is CCOC(=O)CC(CCC(C)C)c1ccc(C)c(CN2CC(C)Oc3ccccc3S2(=O)=O)c1. The number of fused-ring (bicyclic) bond motifs is 1. The molecule has 0 amide bonds. The van der Waals surface area contributed by atoms with Gasteiger partial charge >= 0.3 is 5.97 Å². The number of para-hydroxylation sites is 1. The van der Waals surface area contributed by atoms with Crippen LogP contribution in [0.5, 0.6) is 5.75 Å². The lowest BCUT2D eigenvalue weighted by atomic mass is 9.87. The largest absolute Gasteiger partial charge is 0.488 e. The summed E-state index contributed by atoms with van der Waals surface area (Å²) in [5.41, 5.74) is 3.00. The first-order valence-electron chi connectivity index (χ1n) is 12.1. The summed E-state index contributed by atoms with van der Waals surface area (Å²) in [5.74, 6) is 0.755. The van der Waals surface area contributed by atoms with Crippen molar-refractivity contribution < 1.29 is 22.7 Å². The lowest BCUT2D eigenvalue weighted by Crippen LogP contribution is -2.35. The lowest BCUT2D eigenvalue weighted by molar-refractivity contribution is -0.143. The van der Waals surface area contributed by atoms with Crippen LogP contribution in [0, 0.1) is 12.8 Å². The molecule has 6 nitrogen and oxygen atoms in total. The Balaban J connectivity index is 1.92. The third-order valence-corrected chi connectivity index (χ3v) is 8.11. The summed E-state index contributed by atoms with van der Waals surface area (Å²) in [5, 5.41) is 0. The standard InChI is InChI=1S/C27H37NO5S/c1-6-32-27(29)16-23(13-11-19(2)3)22-14-12-20(4)24(15-22)18-28-17-21(5)33-25-9-7-8-10-26(25)34(28,30)31/h7-10,12,14-15,19,21,23H,6,11,13,16-18H2,1-5H3. The quantitative estimate of drug-likeness (QED) is 0.441. The zero-order valence-electron chi connectivity index (χ0n) is 20.9. The fraction of sp³-hybridized carbons (Fsp3) is 0.519. The van der Waals surface area contributed by atoms with E-state index in [4.69, 9.17) is 9.47 Å². The number of hydrogen-bond acceptors (Lipinski definition) is 5. The molecule has 7 heteroatoms. The van der Waals surface area contributed by atoms with Gasteiger partial charge in [-0.2, -0.15) is 4.31 Å². The van der Waals surface area contributed by atoms with Gasteiger partial charge < -0.3 is 9.47 Å². The monoisotopic (exact) mass is 487 g/mol. The second-order valence-corrected chi connectivity index (χ2v) is 11.4. The Labute approximate surface area is 204 Å². The van der Waals surface area contributed by atoms with Crippen LogP contribution in [0.3, 0.4) is 0 Å². The smallest absolute Gasteiger partial charge is 0.306 e. The third-order valence-electron chi connectivity index (χ3n) is 6.26. The van der Waals surface area contributed by atoms with Gasteiger partial charge in [-0.25, -0.2) is 8.42 Å². The van der Waals surface area contributed by atoms with Crippen molar-refractivity contribution in [2.45, 2.75) is 77.3 Å². The number of benzene rings is 2. The summed E-state index contributed by atoms with van der Waals surface area (Å²) in [6.07, 6.45) is 1.92. The summed E-state index contributed by atoms with van der Waals surface area (Å²) < 4.78 is 39.6. The van der Waals surface area contributed by atoms with Crippen molar-refractivity contribution in [2.75, 3.05) is 13.2 Å². The molecule has 0 N–H and O–H groups in total. The maximum atomic E-state index is 13.5. The summed E-state index contributed by atoms with van der Waals surface area (Å²) >= 11 is 0. The zero-order valence-corrected chi connectivity index (χ0v) is 21.7. The number of hydrogen-bond donors (Lipinski definition) is 0. The molecule has 1 heterocycles. The van der Waals surface area contributed by atoms with Crippen molar-refractivity contribution in [3.63, 3.8) is 0 Å². The van der Waals surface area contributed by atoms with E-state index in [0.717, 1.165) is 29.5 Å². The molecule has 0 spiro atoms. The van der Waals surface area contributed by atoms with E-state index >= 15 is 0 Å². The van der Waals surface area contributed by atoms with E-state index in [9.17, 15) is 13.2 Å². The Morgan fingerprint density at radius 2 is 1.91 bits per heavy atom. The molecule has 1 aliphatic rings. The molecular formula is C27H37NO5S. The molecule has 0 saturated heterocycles. The van der Waals surface area contributed by atoms with Crippen LogP contribution in [0.25, 0.3) is 0 Å². The number of aryl methyl sites for hydroxylation is 1. The van der Waals surface area contributed by atoms with Gasteiger partial charge in [-0.05, 0) is 67.9 Å². The topological polar surface area (TPSA) is 72.9 Å². The van der Waals surface area contributed by atoms with Gasteiger partial charge in [-0.1, -0.05) is 50.6 Å². The van der Waals surface area contributed by atoms with Crippen LogP contribution in [0.1, 0.15) is 69.6 Å². The number of sulfonamides is 1. The van der Waals surface area contributed by atoms with Gasteiger partial charge in [0.05, 0.1) is 19.6 Å². The molecule has 2 aromatic rings. The number of carbonyl (C=O) groups excluding carboxylic acids is 1. The van der Waals surface area contributed by atoms with Crippen molar-refractivity contribution >= 4 is 16.0 Å². The van der Waals surface area contributed by atoms with Crippen LogP contribution in [0.2, 0.25) is 0 Å². The van der Waals surface area contributed by atoms with Crippen LogP contribution in [0.4, 0.5) is 0 Å². The van der Waals surface area contributed by atoms with Crippen molar-refractivity contribution in [2.24, 2.45) is 5.92 Å². The maximum Gasteiger partial charge on any atom is 0.306 e. The number of rotatable bonds is 9. The van der Waals surface area contributed by atoms with Crippen molar-refractivity contribution in [3.8, 4) is 5.75 Å². The second kappa shape index (κ2) is 11.4. The van der Waals surface area contributed by atoms with E-state index in [1.807, 2.05) is 26.8 Å². The van der Waals surface area contributed by atoms with Gasteiger partial charge in [-0.3, -0.25) is 4.79 Å². The van der Waals surface area contributed by atoms with E-state index in [1.165, 1.54) is 4.31 Å². The van der Waals surface area contributed by atoms with Crippen LogP contribution in [-0.4, -0.2) is 37.9 Å². The minimum Gasteiger partial charge on any atom is -0.488 e. The average molecular weight is 488 g/mol. The van der Waals surface area contributed by atoms with Gasteiger partial charge in [0.25, 0.3) is 0 Å². The highest BCUT2D eigenvalue weighted by molar-refractivity contribution is 7.89. The molecule has 0 saturated carbocycles. The molecule has 0 bridgehead atoms. The summed E-state index contributed by atoms with van der Waals surface area (Å²) in [4.78, 5) is 12.5. The summed E-state index contributed by atoms with van der Waals surface area (Å²) in [6.45, 7) is 10.9. The van der Waals surface area contributed by atoms with E-state index in [-0.39, 0.29) is 36.0 Å². The van der Waals surface area contributed by atoms with Crippen molar-refractivity contribution in [1.82, 2.24) is 4.31 Å². The number of esters is 1. The van der Waals surface area contributed by atoms with Gasteiger partial charge in [0.1, 0.15) is 16.7 Å². The first-order valence-corrected chi connectivity index (χ1v) is 13.6. The number of ether oxygens (including phenoxy) is 2. The van der Waals surface area contributed by atoms with Gasteiger partial charge in [0, 0.05) is 6.54 Å². The molecule has 0 aliphatic carbocycles. The Morgan fingerprint density at radius 3 is 2.62 bits per heavy atom. The lowest BCUT2D eigenvalue weighted by Gasteiger charge is -2.24. The molecule has 2 aromatic carbocycles. The Bertz CT molecular complexity index is 1100. The van der Waals surface area contributed by atoms with Crippen LogP contribution in [0.15, 0.2) is 47.4 Å². The van der Waals surface area contributed by atoms with E-state index < -0.39 is 10.0 Å². The number of carbonyl (C=O) groups is 1. The zero-order chi connectivity index (χ0) is 24.9. The molecule has 186 valence electrons. The van der Waals surface area contributed by atoms with Crippen molar-refractivity contribution in [1.29, 1.82) is 0 Å². The fourth-order valence-corrected chi connectivity index (χ4v) is 5.95. The predicted octanol–water partition coefficient (Wildman–Crippen LogP) is 5.44. The Kier molecular flexibility index (Phi) is 8.77. The second-order valence-electron chi connectivity index (χ2n) is 9.54. The fourth-order valence-electron chi connectivity index (χ4n) is 4.34. The van der Waals surface area contributed by atoms with Gasteiger partial charge in [0.2, 0.25) is 10.0 Å². The summed E-state index contributed by atoms with van der Waals surface area (Å²) in [7, 11) is -3.71. The van der Waals surface area contributed by atoms with Crippen LogP contribution < -0.4 is 4.74 Å². The first kappa shape index (κ1) is 26.2. The normalized spacial score (nSPS) is 18.6. The number of nitrogens with zero attached hydrogens (tertiary/aromatic N) is 1. The van der Waals surface area contributed by atoms with E-state index in [1.54, 1.807) is 24.3 Å². The summed E-state index contributed by atoms with van der Waals surface area (Å²) in [6, 6.07) is 12.9. The van der Waals surface area contributed by atoms with E-state index in [2.05, 4.69) is 26.0 Å².